The van der Waals surface area contributed by atoms with Crippen molar-refractivity contribution in [3.8, 4) is 0 Å². The molecule has 8 heteroatoms. The molecule has 6 nitrogen and oxygen atoms in total. The summed E-state index contributed by atoms with van der Waals surface area (Å²) in [5, 5.41) is 9.08. The van der Waals surface area contributed by atoms with Crippen LogP contribution in [0.5, 0.6) is 0 Å². The Labute approximate surface area is 147 Å². The zero-order valence-corrected chi connectivity index (χ0v) is 14.2. The lowest BCUT2D eigenvalue weighted by atomic mass is 10.2. The lowest BCUT2D eigenvalue weighted by molar-refractivity contribution is -0.117. The normalized spacial score (nSPS) is 19.5. The summed E-state index contributed by atoms with van der Waals surface area (Å²) < 4.78 is 1.75. The fourth-order valence-electron chi connectivity index (χ4n) is 2.85. The first kappa shape index (κ1) is 15.4. The van der Waals surface area contributed by atoms with Gasteiger partial charge in [-0.05, 0) is 35.4 Å². The van der Waals surface area contributed by atoms with Crippen LogP contribution in [0.2, 0.25) is 10.3 Å². The van der Waals surface area contributed by atoms with E-state index in [1.807, 2.05) is 19.4 Å². The summed E-state index contributed by atoms with van der Waals surface area (Å²) in [6.45, 7) is 0. The molecule has 0 bridgehead atoms. The Morgan fingerprint density at radius 2 is 2.17 bits per heavy atom. The topological polar surface area (TPSA) is 72.7 Å². The number of halogens is 2. The van der Waals surface area contributed by atoms with E-state index in [1.165, 1.54) is 0 Å². The molecule has 122 valence electrons. The van der Waals surface area contributed by atoms with Crippen LogP contribution in [-0.2, 0) is 11.8 Å². The Kier molecular flexibility index (Phi) is 3.66. The van der Waals surface area contributed by atoms with Gasteiger partial charge in [-0.3, -0.25) is 9.48 Å². The molecule has 24 heavy (non-hydrogen) atoms. The average Bonchev–Trinajstić information content (AvgIpc) is 3.21. The molecule has 3 heterocycles. The fraction of sp³-hybridized carbons (Fsp3) is 0.250. The molecule has 2 unspecified atom stereocenters. The Balaban J connectivity index is 1.51. The molecule has 2 atom stereocenters. The first-order valence-electron chi connectivity index (χ1n) is 7.42. The maximum absolute atomic E-state index is 12.4. The number of amides is 1. The van der Waals surface area contributed by atoms with E-state index in [-0.39, 0.29) is 17.7 Å². The van der Waals surface area contributed by atoms with Crippen LogP contribution in [0.1, 0.15) is 17.9 Å². The molecule has 0 aromatic carbocycles. The molecule has 0 saturated heterocycles. The summed E-state index contributed by atoms with van der Waals surface area (Å²) in [5.74, 6) is 0.619. The highest BCUT2D eigenvalue weighted by atomic mass is 35.5. The van der Waals surface area contributed by atoms with Crippen molar-refractivity contribution in [3.63, 3.8) is 0 Å². The minimum Gasteiger partial charge on any atom is -0.310 e. The van der Waals surface area contributed by atoms with Crippen molar-refractivity contribution in [1.29, 1.82) is 0 Å². The van der Waals surface area contributed by atoms with Crippen LogP contribution < -0.4 is 5.32 Å². The third kappa shape index (κ3) is 2.83. The molecule has 1 aliphatic rings. The zero-order chi connectivity index (χ0) is 16.8. The molecule has 1 fully saturated rings. The van der Waals surface area contributed by atoms with Gasteiger partial charge in [0.1, 0.15) is 16.1 Å². The lowest BCUT2D eigenvalue weighted by Gasteiger charge is -2.06. The van der Waals surface area contributed by atoms with E-state index in [9.17, 15) is 4.79 Å². The second-order valence-corrected chi connectivity index (χ2v) is 6.66. The number of pyridine rings is 2. The standard InChI is InChI=1S/C16H13Cl2N5O/c1-23-7-9(5-20-23)10-4-11(10)16(24)22-14-3-8-2-13(17)21-15(18)12(8)6-19-14/h2-3,5-7,10-11H,4H2,1H3,(H,19,22,24). The van der Waals surface area contributed by atoms with Gasteiger partial charge in [0, 0.05) is 30.7 Å². The highest BCUT2D eigenvalue weighted by Crippen LogP contribution is 2.47. The van der Waals surface area contributed by atoms with Gasteiger partial charge in [0.05, 0.1) is 6.20 Å². The number of nitrogens with zero attached hydrogens (tertiary/aromatic N) is 4. The Morgan fingerprint density at radius 3 is 2.92 bits per heavy atom. The summed E-state index contributed by atoms with van der Waals surface area (Å²) >= 11 is 12.0. The average molecular weight is 362 g/mol. The summed E-state index contributed by atoms with van der Waals surface area (Å²) in [5.41, 5.74) is 1.09. The number of nitrogens with one attached hydrogen (secondary N) is 1. The van der Waals surface area contributed by atoms with Gasteiger partial charge >= 0.3 is 0 Å². The predicted molar refractivity (Wildman–Crippen MR) is 92.2 cm³/mol. The Bertz CT molecular complexity index is 955. The van der Waals surface area contributed by atoms with Gasteiger partial charge in [-0.1, -0.05) is 23.2 Å². The number of rotatable bonds is 3. The molecule has 1 saturated carbocycles. The van der Waals surface area contributed by atoms with E-state index < -0.39 is 0 Å². The van der Waals surface area contributed by atoms with E-state index in [0.29, 0.717) is 21.5 Å². The minimum atomic E-state index is -0.0451. The van der Waals surface area contributed by atoms with Gasteiger partial charge in [0.2, 0.25) is 5.91 Å². The van der Waals surface area contributed by atoms with E-state index in [1.54, 1.807) is 23.0 Å². The molecule has 4 rings (SSSR count). The molecule has 0 spiro atoms. The van der Waals surface area contributed by atoms with Crippen LogP contribution in [0.25, 0.3) is 10.8 Å². The molecular weight excluding hydrogens is 349 g/mol. The Morgan fingerprint density at radius 1 is 1.33 bits per heavy atom. The number of carbonyl (C=O) groups excluding carboxylic acids is 1. The number of hydrogen-bond acceptors (Lipinski definition) is 4. The first-order valence-corrected chi connectivity index (χ1v) is 8.18. The highest BCUT2D eigenvalue weighted by molar-refractivity contribution is 6.36. The van der Waals surface area contributed by atoms with Crippen molar-refractivity contribution in [2.24, 2.45) is 13.0 Å². The smallest absolute Gasteiger partial charge is 0.229 e. The van der Waals surface area contributed by atoms with E-state index >= 15 is 0 Å². The molecule has 3 aromatic rings. The second kappa shape index (κ2) is 5.72. The lowest BCUT2D eigenvalue weighted by Crippen LogP contribution is -2.15. The summed E-state index contributed by atoms with van der Waals surface area (Å²) in [6.07, 6.45) is 6.17. The summed E-state index contributed by atoms with van der Waals surface area (Å²) in [6, 6.07) is 3.43. The maximum Gasteiger partial charge on any atom is 0.229 e. The van der Waals surface area contributed by atoms with E-state index in [4.69, 9.17) is 23.2 Å². The molecule has 0 aliphatic heterocycles. The van der Waals surface area contributed by atoms with Crippen molar-refractivity contribution in [3.05, 3.63) is 46.6 Å². The van der Waals surface area contributed by atoms with Gasteiger partial charge in [-0.15, -0.1) is 0 Å². The van der Waals surface area contributed by atoms with Gasteiger partial charge in [-0.2, -0.15) is 5.10 Å². The van der Waals surface area contributed by atoms with Crippen LogP contribution >= 0.6 is 23.2 Å². The maximum atomic E-state index is 12.4. The number of carbonyl (C=O) groups is 1. The van der Waals surface area contributed by atoms with Crippen LogP contribution in [-0.4, -0.2) is 25.7 Å². The highest BCUT2D eigenvalue weighted by Gasteiger charge is 2.44. The number of hydrogen-bond donors (Lipinski definition) is 1. The van der Waals surface area contributed by atoms with Gasteiger partial charge in [0.15, 0.2) is 0 Å². The van der Waals surface area contributed by atoms with Gasteiger partial charge in [0.25, 0.3) is 0 Å². The number of aromatic nitrogens is 4. The van der Waals surface area contributed by atoms with Crippen molar-refractivity contribution < 1.29 is 4.79 Å². The number of anilines is 1. The van der Waals surface area contributed by atoms with Crippen LogP contribution in [0.15, 0.2) is 30.7 Å². The molecule has 1 aliphatic carbocycles. The summed E-state index contributed by atoms with van der Waals surface area (Å²) in [4.78, 5) is 20.6. The largest absolute Gasteiger partial charge is 0.310 e. The first-order chi connectivity index (χ1) is 11.5. The van der Waals surface area contributed by atoms with Crippen molar-refractivity contribution in [2.75, 3.05) is 5.32 Å². The Hall–Kier alpha value is -2.18. The molecular formula is C16H13Cl2N5O. The summed E-state index contributed by atoms with van der Waals surface area (Å²) in [7, 11) is 1.87. The van der Waals surface area contributed by atoms with Crippen molar-refractivity contribution >= 4 is 45.7 Å². The van der Waals surface area contributed by atoms with Gasteiger partial charge < -0.3 is 5.32 Å². The minimum absolute atomic E-state index is 0.0399. The number of aryl methyl sites for hydroxylation is 1. The molecule has 1 amide bonds. The van der Waals surface area contributed by atoms with Crippen molar-refractivity contribution in [1.82, 2.24) is 19.7 Å². The molecule has 1 N–H and O–H groups in total. The third-order valence-electron chi connectivity index (χ3n) is 4.17. The van der Waals surface area contributed by atoms with Crippen LogP contribution in [0.4, 0.5) is 5.82 Å². The zero-order valence-electron chi connectivity index (χ0n) is 12.7. The van der Waals surface area contributed by atoms with Gasteiger partial charge in [-0.25, -0.2) is 9.97 Å². The molecule has 0 radical (unpaired) electrons. The fourth-order valence-corrected chi connectivity index (χ4v) is 3.34. The van der Waals surface area contributed by atoms with Crippen LogP contribution in [0, 0.1) is 5.92 Å². The SMILES string of the molecule is Cn1cc(C2CC2C(=O)Nc2cc3cc(Cl)nc(Cl)c3cn2)cn1. The number of fused-ring (bicyclic) bond motifs is 1. The monoisotopic (exact) mass is 361 g/mol. The second-order valence-electron chi connectivity index (χ2n) is 5.91. The van der Waals surface area contributed by atoms with Crippen molar-refractivity contribution in [2.45, 2.75) is 12.3 Å². The molecule has 3 aromatic heterocycles. The predicted octanol–water partition coefficient (Wildman–Crippen LogP) is 3.41. The quantitative estimate of drug-likeness (QED) is 0.725. The van der Waals surface area contributed by atoms with E-state index in [2.05, 4.69) is 20.4 Å². The van der Waals surface area contributed by atoms with Crippen LogP contribution in [0.3, 0.4) is 0 Å². The van der Waals surface area contributed by atoms with E-state index in [0.717, 1.165) is 17.4 Å². The third-order valence-corrected chi connectivity index (χ3v) is 4.65.